The number of hydrogen-bond acceptors (Lipinski definition) is 5. The molecule has 34 heavy (non-hydrogen) atoms. The van der Waals surface area contributed by atoms with Crippen LogP contribution in [0.2, 0.25) is 0 Å². The van der Waals surface area contributed by atoms with Gasteiger partial charge in [-0.2, -0.15) is 11.8 Å². The summed E-state index contributed by atoms with van der Waals surface area (Å²) in [7, 11) is 0. The van der Waals surface area contributed by atoms with E-state index in [-0.39, 0.29) is 6.04 Å². The molecule has 0 spiro atoms. The average Bonchev–Trinajstić information content (AvgIpc) is 3.50. The first-order chi connectivity index (χ1) is 16.4. The fourth-order valence-corrected chi connectivity index (χ4v) is 5.07. The molecule has 186 valence electrons. The summed E-state index contributed by atoms with van der Waals surface area (Å²) in [6.07, 6.45) is 22.0. The zero-order valence-corrected chi connectivity index (χ0v) is 23.2. The highest BCUT2D eigenvalue weighted by Crippen LogP contribution is 2.23. The van der Waals surface area contributed by atoms with Crippen molar-refractivity contribution in [2.24, 2.45) is 0 Å². The molecule has 2 aromatic heterocycles. The lowest BCUT2D eigenvalue weighted by molar-refractivity contribution is 0.820. The van der Waals surface area contributed by atoms with Crippen molar-refractivity contribution in [3.8, 4) is 0 Å². The van der Waals surface area contributed by atoms with Crippen molar-refractivity contribution in [1.29, 1.82) is 0 Å². The van der Waals surface area contributed by atoms with E-state index in [2.05, 4.69) is 79.2 Å². The van der Waals surface area contributed by atoms with Gasteiger partial charge in [0, 0.05) is 35.5 Å². The zero-order valence-electron chi connectivity index (χ0n) is 21.6. The van der Waals surface area contributed by atoms with E-state index in [4.69, 9.17) is 0 Å². The van der Waals surface area contributed by atoms with Crippen LogP contribution in [0.3, 0.4) is 0 Å². The maximum absolute atomic E-state index is 4.44. The van der Waals surface area contributed by atoms with Gasteiger partial charge in [0.1, 0.15) is 5.82 Å². The standard InChI is InChI=1S/C28H42N4S2/c1-22(2)9-6-10-23(3)11-7-12-24(4)13-8-14-25(5)15-19-33-21-26(27-29-16-17-30-27)32-28-31-18-20-34-28/h9,11,13,15-18,20,26H,6-8,10,12,14,19,21H2,1-5H3,(H,29,30)(H,31,32)/b23-11+,24-13+,25-15+. The molecule has 0 aliphatic heterocycles. The van der Waals surface area contributed by atoms with E-state index in [0.717, 1.165) is 48.1 Å². The molecule has 0 aromatic carbocycles. The lowest BCUT2D eigenvalue weighted by Crippen LogP contribution is -2.15. The van der Waals surface area contributed by atoms with Gasteiger partial charge in [0.2, 0.25) is 0 Å². The summed E-state index contributed by atoms with van der Waals surface area (Å²) in [6, 6.07) is 0.135. The lowest BCUT2D eigenvalue weighted by Gasteiger charge is -2.15. The summed E-state index contributed by atoms with van der Waals surface area (Å²) in [5.41, 5.74) is 5.90. The molecule has 4 nitrogen and oxygen atoms in total. The Morgan fingerprint density at radius 1 is 0.912 bits per heavy atom. The molecule has 0 radical (unpaired) electrons. The second-order valence-corrected chi connectivity index (χ2v) is 11.1. The number of thiazole rings is 1. The Hall–Kier alpha value is -2.05. The third kappa shape index (κ3) is 12.4. The predicted octanol–water partition coefficient (Wildman–Crippen LogP) is 8.90. The summed E-state index contributed by atoms with van der Waals surface area (Å²) >= 11 is 3.54. The number of nitrogens with zero attached hydrogens (tertiary/aromatic N) is 2. The molecule has 1 atom stereocenters. The molecule has 2 heterocycles. The monoisotopic (exact) mass is 498 g/mol. The van der Waals surface area contributed by atoms with Crippen LogP contribution in [0, 0.1) is 0 Å². The van der Waals surface area contributed by atoms with Crippen molar-refractivity contribution in [3.63, 3.8) is 0 Å². The van der Waals surface area contributed by atoms with E-state index >= 15 is 0 Å². The van der Waals surface area contributed by atoms with Gasteiger partial charge < -0.3 is 10.3 Å². The maximum Gasteiger partial charge on any atom is 0.183 e. The van der Waals surface area contributed by atoms with Crippen LogP contribution < -0.4 is 5.32 Å². The molecule has 0 fully saturated rings. The minimum Gasteiger partial charge on any atom is -0.351 e. The van der Waals surface area contributed by atoms with Crippen molar-refractivity contribution in [3.05, 3.63) is 76.4 Å². The Morgan fingerprint density at radius 2 is 1.56 bits per heavy atom. The fraction of sp³-hybridized carbons (Fsp3) is 0.500. The normalized spacial score (nSPS) is 13.7. The number of nitrogens with one attached hydrogen (secondary N) is 2. The van der Waals surface area contributed by atoms with E-state index in [1.807, 2.05) is 29.5 Å². The van der Waals surface area contributed by atoms with Crippen LogP contribution in [0.1, 0.15) is 85.0 Å². The summed E-state index contributed by atoms with van der Waals surface area (Å²) < 4.78 is 0. The van der Waals surface area contributed by atoms with Gasteiger partial charge in [-0.1, -0.05) is 46.6 Å². The molecule has 0 saturated carbocycles. The minimum absolute atomic E-state index is 0.135. The van der Waals surface area contributed by atoms with Crippen LogP contribution in [0.15, 0.2) is 70.6 Å². The highest BCUT2D eigenvalue weighted by atomic mass is 32.2. The zero-order chi connectivity index (χ0) is 24.6. The summed E-state index contributed by atoms with van der Waals surface area (Å²) in [5, 5.41) is 6.42. The second kappa shape index (κ2) is 16.6. The van der Waals surface area contributed by atoms with Crippen LogP contribution in [-0.4, -0.2) is 26.5 Å². The summed E-state index contributed by atoms with van der Waals surface area (Å²) in [4.78, 5) is 12.0. The Balaban J connectivity index is 1.65. The number of hydrogen-bond donors (Lipinski definition) is 2. The van der Waals surface area contributed by atoms with Crippen LogP contribution in [0.5, 0.6) is 0 Å². The number of aromatic amines is 1. The number of rotatable bonds is 16. The number of imidazole rings is 1. The molecule has 6 heteroatoms. The van der Waals surface area contributed by atoms with Gasteiger partial charge in [-0.15, -0.1) is 11.3 Å². The van der Waals surface area contributed by atoms with Crippen LogP contribution in [0.4, 0.5) is 5.13 Å². The highest BCUT2D eigenvalue weighted by Gasteiger charge is 2.14. The Morgan fingerprint density at radius 3 is 2.12 bits per heavy atom. The Kier molecular flexibility index (Phi) is 13.7. The second-order valence-electron chi connectivity index (χ2n) is 9.09. The highest BCUT2D eigenvalue weighted by molar-refractivity contribution is 7.99. The van der Waals surface area contributed by atoms with Crippen molar-refractivity contribution < 1.29 is 0 Å². The molecule has 0 bridgehead atoms. The average molecular weight is 499 g/mol. The molecule has 1 unspecified atom stereocenters. The largest absolute Gasteiger partial charge is 0.351 e. The molecule has 0 aliphatic carbocycles. The number of H-pyrrole nitrogens is 1. The molecule has 2 N–H and O–H groups in total. The molecular formula is C28H42N4S2. The first kappa shape index (κ1) is 28.2. The van der Waals surface area contributed by atoms with Gasteiger partial charge >= 0.3 is 0 Å². The predicted molar refractivity (Wildman–Crippen MR) is 153 cm³/mol. The molecule has 2 aromatic rings. The quantitative estimate of drug-likeness (QED) is 0.179. The smallest absolute Gasteiger partial charge is 0.183 e. The summed E-state index contributed by atoms with van der Waals surface area (Å²) in [5.74, 6) is 2.92. The van der Waals surface area contributed by atoms with Gasteiger partial charge in [-0.25, -0.2) is 9.97 Å². The lowest BCUT2D eigenvalue weighted by atomic mass is 10.0. The summed E-state index contributed by atoms with van der Waals surface area (Å²) in [6.45, 7) is 11.1. The molecule has 0 aliphatic rings. The van der Waals surface area contributed by atoms with E-state index in [0.29, 0.717) is 0 Å². The van der Waals surface area contributed by atoms with Gasteiger partial charge in [0.25, 0.3) is 0 Å². The first-order valence-corrected chi connectivity index (χ1v) is 14.3. The van der Waals surface area contributed by atoms with E-state index in [1.54, 1.807) is 17.5 Å². The van der Waals surface area contributed by atoms with Gasteiger partial charge in [-0.05, 0) is 73.1 Å². The van der Waals surface area contributed by atoms with E-state index < -0.39 is 0 Å². The van der Waals surface area contributed by atoms with Crippen LogP contribution in [0.25, 0.3) is 0 Å². The Bertz CT molecular complexity index is 918. The van der Waals surface area contributed by atoms with Gasteiger partial charge in [0.15, 0.2) is 5.13 Å². The Labute approximate surface area is 215 Å². The van der Waals surface area contributed by atoms with Crippen molar-refractivity contribution >= 4 is 28.2 Å². The molecular weight excluding hydrogens is 456 g/mol. The topological polar surface area (TPSA) is 53.6 Å². The third-order valence-electron chi connectivity index (χ3n) is 5.57. The van der Waals surface area contributed by atoms with Crippen molar-refractivity contribution in [2.45, 2.75) is 79.2 Å². The fourth-order valence-electron chi connectivity index (χ4n) is 3.48. The van der Waals surface area contributed by atoms with Gasteiger partial charge in [0.05, 0.1) is 6.04 Å². The minimum atomic E-state index is 0.135. The van der Waals surface area contributed by atoms with Crippen LogP contribution >= 0.6 is 23.1 Å². The van der Waals surface area contributed by atoms with Crippen LogP contribution in [-0.2, 0) is 0 Å². The van der Waals surface area contributed by atoms with E-state index in [9.17, 15) is 0 Å². The SMILES string of the molecule is CC(C)=CCC/C(C)=C/CC/C(C)=C/CC/C(C)=C/CSCC(Nc1nccs1)c1ncc[nH]1. The maximum atomic E-state index is 4.44. The van der Waals surface area contributed by atoms with E-state index in [1.165, 1.54) is 35.1 Å². The number of aromatic nitrogens is 3. The van der Waals surface area contributed by atoms with Crippen molar-refractivity contribution in [2.75, 3.05) is 16.8 Å². The molecule has 0 amide bonds. The molecule has 0 saturated heterocycles. The van der Waals surface area contributed by atoms with Crippen molar-refractivity contribution in [1.82, 2.24) is 15.0 Å². The number of allylic oxidation sites excluding steroid dienone is 7. The number of anilines is 1. The first-order valence-electron chi connectivity index (χ1n) is 12.3. The molecule has 2 rings (SSSR count). The number of thioether (sulfide) groups is 1. The van der Waals surface area contributed by atoms with Gasteiger partial charge in [-0.3, -0.25) is 0 Å². The third-order valence-corrected chi connectivity index (χ3v) is 7.24.